The normalized spacial score (nSPS) is 15.0. The third-order valence-corrected chi connectivity index (χ3v) is 4.24. The molecule has 1 fully saturated rings. The standard InChI is InChI=1S/C18H26N2O5/c1-9(2)25-17(22)15-10(3)16(20-12(15)5)18(23)24-8-14(21)19-11(4)13-6-7-13/h9,11,13,20H,6-8H2,1-5H3,(H,19,21)/t11-/m1/s1. The fraction of sp³-hybridized carbons (Fsp3) is 0.611. The first-order chi connectivity index (χ1) is 11.7. The molecular formula is C18H26N2O5. The second-order valence-corrected chi connectivity index (χ2v) is 6.85. The van der Waals surface area contributed by atoms with Crippen molar-refractivity contribution < 1.29 is 23.9 Å². The maximum absolute atomic E-state index is 12.2. The largest absolute Gasteiger partial charge is 0.459 e. The number of nitrogens with one attached hydrogen (secondary N) is 2. The molecule has 2 rings (SSSR count). The van der Waals surface area contributed by atoms with Gasteiger partial charge in [0.1, 0.15) is 5.69 Å². The molecule has 0 aliphatic heterocycles. The Labute approximate surface area is 147 Å². The van der Waals surface area contributed by atoms with Gasteiger partial charge >= 0.3 is 11.9 Å². The Morgan fingerprint density at radius 3 is 2.36 bits per heavy atom. The van der Waals surface area contributed by atoms with Crippen LogP contribution in [-0.2, 0) is 14.3 Å². The van der Waals surface area contributed by atoms with Crippen LogP contribution in [0, 0.1) is 19.8 Å². The first kappa shape index (κ1) is 19.0. The van der Waals surface area contributed by atoms with Gasteiger partial charge in [0, 0.05) is 11.7 Å². The third kappa shape index (κ3) is 4.84. The van der Waals surface area contributed by atoms with Crippen LogP contribution in [0.5, 0.6) is 0 Å². The van der Waals surface area contributed by atoms with E-state index >= 15 is 0 Å². The molecule has 7 heteroatoms. The summed E-state index contributed by atoms with van der Waals surface area (Å²) in [4.78, 5) is 39.0. The van der Waals surface area contributed by atoms with Crippen LogP contribution in [0.1, 0.15) is 65.7 Å². The lowest BCUT2D eigenvalue weighted by Gasteiger charge is -2.12. The van der Waals surface area contributed by atoms with E-state index in [1.54, 1.807) is 27.7 Å². The second-order valence-electron chi connectivity index (χ2n) is 6.85. The van der Waals surface area contributed by atoms with Crippen molar-refractivity contribution in [3.8, 4) is 0 Å². The zero-order chi connectivity index (χ0) is 18.7. The van der Waals surface area contributed by atoms with Gasteiger partial charge in [-0.05, 0) is 58.9 Å². The van der Waals surface area contributed by atoms with E-state index < -0.39 is 11.9 Å². The molecule has 0 aromatic carbocycles. The number of ether oxygens (including phenoxy) is 2. The Kier molecular flexibility index (Phi) is 5.87. The van der Waals surface area contributed by atoms with E-state index in [4.69, 9.17) is 9.47 Å². The lowest BCUT2D eigenvalue weighted by Crippen LogP contribution is -2.37. The van der Waals surface area contributed by atoms with Crippen molar-refractivity contribution >= 4 is 17.8 Å². The molecule has 1 saturated carbocycles. The number of carbonyl (C=O) groups is 3. The van der Waals surface area contributed by atoms with Gasteiger partial charge in [-0.1, -0.05) is 0 Å². The predicted molar refractivity (Wildman–Crippen MR) is 91.4 cm³/mol. The quantitative estimate of drug-likeness (QED) is 0.735. The maximum atomic E-state index is 12.2. The molecule has 1 atom stereocenters. The van der Waals surface area contributed by atoms with Gasteiger partial charge in [-0.25, -0.2) is 9.59 Å². The molecule has 0 saturated heterocycles. The molecule has 0 unspecified atom stereocenters. The summed E-state index contributed by atoms with van der Waals surface area (Å²) in [5, 5.41) is 2.82. The van der Waals surface area contributed by atoms with Gasteiger partial charge < -0.3 is 19.8 Å². The van der Waals surface area contributed by atoms with E-state index in [-0.39, 0.29) is 30.4 Å². The molecule has 0 radical (unpaired) electrons. The number of hydrogen-bond acceptors (Lipinski definition) is 5. The molecule has 1 amide bonds. The third-order valence-electron chi connectivity index (χ3n) is 4.24. The number of H-pyrrole nitrogens is 1. The van der Waals surface area contributed by atoms with Gasteiger partial charge in [-0.3, -0.25) is 4.79 Å². The average molecular weight is 350 g/mol. The Balaban J connectivity index is 1.97. The molecule has 1 aliphatic rings. The SMILES string of the molecule is Cc1[nH]c(C(=O)OCC(=O)N[C@H](C)C2CC2)c(C)c1C(=O)OC(C)C. The number of aromatic nitrogens is 1. The minimum Gasteiger partial charge on any atom is -0.459 e. The van der Waals surface area contributed by atoms with Gasteiger partial charge in [-0.15, -0.1) is 0 Å². The van der Waals surface area contributed by atoms with Crippen LogP contribution >= 0.6 is 0 Å². The number of carbonyl (C=O) groups excluding carboxylic acids is 3. The minimum atomic E-state index is -0.668. The highest BCUT2D eigenvalue weighted by molar-refractivity contribution is 5.99. The van der Waals surface area contributed by atoms with Crippen LogP contribution < -0.4 is 5.32 Å². The number of amides is 1. The molecule has 0 spiro atoms. The van der Waals surface area contributed by atoms with Crippen molar-refractivity contribution in [1.82, 2.24) is 10.3 Å². The summed E-state index contributed by atoms with van der Waals surface area (Å²) in [7, 11) is 0. The lowest BCUT2D eigenvalue weighted by atomic mass is 10.1. The smallest absolute Gasteiger partial charge is 0.355 e. The van der Waals surface area contributed by atoms with Crippen molar-refractivity contribution in [2.45, 2.75) is 59.6 Å². The summed E-state index contributed by atoms with van der Waals surface area (Å²) in [6.07, 6.45) is 1.99. The molecule has 1 aromatic heterocycles. The molecular weight excluding hydrogens is 324 g/mol. The summed E-state index contributed by atoms with van der Waals surface area (Å²) < 4.78 is 10.3. The van der Waals surface area contributed by atoms with E-state index in [1.807, 2.05) is 6.92 Å². The van der Waals surface area contributed by atoms with Crippen molar-refractivity contribution in [1.29, 1.82) is 0 Å². The monoisotopic (exact) mass is 350 g/mol. The molecule has 0 bridgehead atoms. The zero-order valence-corrected chi connectivity index (χ0v) is 15.4. The highest BCUT2D eigenvalue weighted by atomic mass is 16.5. The van der Waals surface area contributed by atoms with E-state index in [0.29, 0.717) is 22.7 Å². The van der Waals surface area contributed by atoms with Gasteiger partial charge in [-0.2, -0.15) is 0 Å². The average Bonchev–Trinajstić information content (AvgIpc) is 3.30. The molecule has 25 heavy (non-hydrogen) atoms. The van der Waals surface area contributed by atoms with Gasteiger partial charge in [0.2, 0.25) is 0 Å². The molecule has 1 aromatic rings. The van der Waals surface area contributed by atoms with Gasteiger partial charge in [0.25, 0.3) is 5.91 Å². The summed E-state index contributed by atoms with van der Waals surface area (Å²) >= 11 is 0. The summed E-state index contributed by atoms with van der Waals surface area (Å²) in [5.41, 5.74) is 1.48. The number of aryl methyl sites for hydroxylation is 1. The Morgan fingerprint density at radius 2 is 1.80 bits per heavy atom. The van der Waals surface area contributed by atoms with Crippen LogP contribution in [0.2, 0.25) is 0 Å². The number of aromatic amines is 1. The predicted octanol–water partition coefficient (Wildman–Crippen LogP) is 2.27. The van der Waals surface area contributed by atoms with Crippen LogP contribution in [0.25, 0.3) is 0 Å². The second kappa shape index (κ2) is 7.72. The Bertz CT molecular complexity index is 673. The lowest BCUT2D eigenvalue weighted by molar-refractivity contribution is -0.125. The maximum Gasteiger partial charge on any atom is 0.355 e. The van der Waals surface area contributed by atoms with E-state index in [2.05, 4.69) is 10.3 Å². The highest BCUT2D eigenvalue weighted by Gasteiger charge is 2.29. The van der Waals surface area contributed by atoms with Gasteiger partial charge in [0.05, 0.1) is 11.7 Å². The van der Waals surface area contributed by atoms with Crippen molar-refractivity contribution in [3.63, 3.8) is 0 Å². The molecule has 7 nitrogen and oxygen atoms in total. The van der Waals surface area contributed by atoms with Crippen LogP contribution in [0.4, 0.5) is 0 Å². The van der Waals surface area contributed by atoms with Crippen LogP contribution in [0.3, 0.4) is 0 Å². The summed E-state index contributed by atoms with van der Waals surface area (Å²) in [6.45, 7) is 8.44. The van der Waals surface area contributed by atoms with Crippen molar-refractivity contribution in [2.24, 2.45) is 5.92 Å². The molecule has 138 valence electrons. The topological polar surface area (TPSA) is 97.5 Å². The fourth-order valence-electron chi connectivity index (χ4n) is 2.75. The Morgan fingerprint density at radius 1 is 1.16 bits per heavy atom. The van der Waals surface area contributed by atoms with Crippen LogP contribution in [0.15, 0.2) is 0 Å². The Hall–Kier alpha value is -2.31. The molecule has 1 heterocycles. The zero-order valence-electron chi connectivity index (χ0n) is 15.4. The molecule has 2 N–H and O–H groups in total. The highest BCUT2D eigenvalue weighted by Crippen LogP contribution is 2.32. The first-order valence-electron chi connectivity index (χ1n) is 8.57. The van der Waals surface area contributed by atoms with Crippen LogP contribution in [-0.4, -0.2) is 41.6 Å². The summed E-state index contributed by atoms with van der Waals surface area (Å²) in [5.74, 6) is -0.953. The molecule has 1 aliphatic carbocycles. The van der Waals surface area contributed by atoms with E-state index in [1.165, 1.54) is 0 Å². The number of esters is 2. The van der Waals surface area contributed by atoms with Crippen molar-refractivity contribution in [2.75, 3.05) is 6.61 Å². The number of hydrogen-bond donors (Lipinski definition) is 2. The fourth-order valence-corrected chi connectivity index (χ4v) is 2.75. The first-order valence-corrected chi connectivity index (χ1v) is 8.57. The summed E-state index contributed by atoms with van der Waals surface area (Å²) in [6, 6.07) is 0.0954. The van der Waals surface area contributed by atoms with E-state index in [9.17, 15) is 14.4 Å². The van der Waals surface area contributed by atoms with Crippen molar-refractivity contribution in [3.05, 3.63) is 22.5 Å². The van der Waals surface area contributed by atoms with E-state index in [0.717, 1.165) is 12.8 Å². The minimum absolute atomic E-state index is 0.0954. The van der Waals surface area contributed by atoms with Gasteiger partial charge in [0.15, 0.2) is 6.61 Å². The number of rotatable bonds is 7.